The van der Waals surface area contributed by atoms with Gasteiger partial charge in [0.2, 0.25) is 0 Å². The molecule has 2 heterocycles. The van der Waals surface area contributed by atoms with E-state index in [1.807, 2.05) is 4.90 Å². The fourth-order valence-corrected chi connectivity index (χ4v) is 3.07. The lowest BCUT2D eigenvalue weighted by Gasteiger charge is -2.34. The number of piperidine rings is 1. The van der Waals surface area contributed by atoms with Crippen LogP contribution in [0.1, 0.15) is 39.2 Å². The maximum atomic E-state index is 12.7. The monoisotopic (exact) mass is 393 g/mol. The summed E-state index contributed by atoms with van der Waals surface area (Å²) in [4.78, 5) is 17.5. The first-order valence-electron chi connectivity index (χ1n) is 8.40. The van der Waals surface area contributed by atoms with Crippen molar-refractivity contribution in [2.75, 3.05) is 24.5 Å². The number of carbonyl (C=O) groups excluding carboxylic acids is 1. The second-order valence-corrected chi connectivity index (χ2v) is 7.77. The lowest BCUT2D eigenvalue weighted by Crippen LogP contribution is -2.42. The average Bonchev–Trinajstić information content (AvgIpc) is 2.50. The number of amides is 1. The van der Waals surface area contributed by atoms with Gasteiger partial charge in [0.25, 0.3) is 0 Å². The van der Waals surface area contributed by atoms with Gasteiger partial charge < -0.3 is 15.0 Å². The number of hydrogen-bond donors (Lipinski definition) is 1. The first-order chi connectivity index (χ1) is 12.0. The molecule has 2 rings (SSSR count). The summed E-state index contributed by atoms with van der Waals surface area (Å²) in [6, 6.07) is 0.895. The molecule has 146 valence electrons. The minimum absolute atomic E-state index is 0.0272. The summed E-state index contributed by atoms with van der Waals surface area (Å²) >= 11 is 6.02. The number of nitrogens with one attached hydrogen (secondary N) is 1. The largest absolute Gasteiger partial charge is 0.444 e. The van der Waals surface area contributed by atoms with Gasteiger partial charge in [-0.3, -0.25) is 0 Å². The zero-order valence-electron chi connectivity index (χ0n) is 15.0. The number of anilines is 1. The molecule has 0 saturated carbocycles. The van der Waals surface area contributed by atoms with Gasteiger partial charge in [-0.25, -0.2) is 9.78 Å². The van der Waals surface area contributed by atoms with E-state index in [2.05, 4.69) is 10.3 Å². The molecule has 1 N–H and O–H groups in total. The fraction of sp³-hybridized carbons (Fsp3) is 0.647. The van der Waals surface area contributed by atoms with Gasteiger partial charge in [-0.05, 0) is 45.6 Å². The van der Waals surface area contributed by atoms with Crippen LogP contribution in [-0.4, -0.2) is 36.3 Å². The third-order valence-electron chi connectivity index (χ3n) is 3.90. The van der Waals surface area contributed by atoms with Crippen LogP contribution >= 0.6 is 11.6 Å². The Kier molecular flexibility index (Phi) is 6.26. The summed E-state index contributed by atoms with van der Waals surface area (Å²) in [5, 5.41) is 2.71. The van der Waals surface area contributed by atoms with Gasteiger partial charge in [0.05, 0.1) is 10.6 Å². The molecule has 1 fully saturated rings. The number of pyridine rings is 1. The van der Waals surface area contributed by atoms with Crippen LogP contribution in [0.2, 0.25) is 5.02 Å². The predicted octanol–water partition coefficient (Wildman–Crippen LogP) is 4.49. The van der Waals surface area contributed by atoms with E-state index in [0.29, 0.717) is 25.5 Å². The van der Waals surface area contributed by atoms with Crippen molar-refractivity contribution in [2.24, 2.45) is 5.92 Å². The van der Waals surface area contributed by atoms with E-state index in [1.54, 1.807) is 20.8 Å². The summed E-state index contributed by atoms with van der Waals surface area (Å²) in [6.45, 7) is 6.98. The molecule has 1 aliphatic heterocycles. The maximum absolute atomic E-state index is 12.7. The molecule has 1 saturated heterocycles. The van der Waals surface area contributed by atoms with E-state index < -0.39 is 23.4 Å². The molecule has 0 bridgehead atoms. The van der Waals surface area contributed by atoms with Crippen molar-refractivity contribution in [3.8, 4) is 0 Å². The molecule has 1 atom stereocenters. The van der Waals surface area contributed by atoms with Crippen LogP contribution < -0.4 is 10.2 Å². The fourth-order valence-electron chi connectivity index (χ4n) is 2.78. The van der Waals surface area contributed by atoms with Gasteiger partial charge in [-0.15, -0.1) is 0 Å². The second kappa shape index (κ2) is 7.90. The zero-order valence-corrected chi connectivity index (χ0v) is 15.7. The van der Waals surface area contributed by atoms with Crippen molar-refractivity contribution in [3.63, 3.8) is 0 Å². The number of hydrogen-bond acceptors (Lipinski definition) is 4. The normalized spacial score (nSPS) is 18.6. The average molecular weight is 394 g/mol. The van der Waals surface area contributed by atoms with E-state index in [0.717, 1.165) is 25.1 Å². The molecule has 0 spiro atoms. The quantitative estimate of drug-likeness (QED) is 0.821. The third kappa shape index (κ3) is 5.93. The maximum Gasteiger partial charge on any atom is 0.417 e. The summed E-state index contributed by atoms with van der Waals surface area (Å²) in [7, 11) is 0. The Morgan fingerprint density at radius 2 is 2.12 bits per heavy atom. The summed E-state index contributed by atoms with van der Waals surface area (Å²) in [5.74, 6) is 0.470. The smallest absolute Gasteiger partial charge is 0.417 e. The number of ether oxygens (including phenoxy) is 1. The molecular weight excluding hydrogens is 371 g/mol. The van der Waals surface area contributed by atoms with Crippen LogP contribution in [0.25, 0.3) is 0 Å². The van der Waals surface area contributed by atoms with Crippen molar-refractivity contribution in [2.45, 2.75) is 45.4 Å². The van der Waals surface area contributed by atoms with Gasteiger partial charge in [0.15, 0.2) is 0 Å². The van der Waals surface area contributed by atoms with Crippen molar-refractivity contribution < 1.29 is 22.7 Å². The summed E-state index contributed by atoms with van der Waals surface area (Å²) in [6.07, 6.45) is -2.44. The van der Waals surface area contributed by atoms with E-state index in [-0.39, 0.29) is 10.9 Å². The molecule has 0 unspecified atom stereocenters. The topological polar surface area (TPSA) is 54.5 Å². The number of halogens is 4. The van der Waals surface area contributed by atoms with Crippen LogP contribution in [0.3, 0.4) is 0 Å². The Balaban J connectivity index is 1.97. The minimum atomic E-state index is -4.48. The highest BCUT2D eigenvalue weighted by atomic mass is 35.5. The number of aromatic nitrogens is 1. The molecular formula is C17H23ClF3N3O2. The molecule has 1 aliphatic rings. The Labute approximate surface area is 155 Å². The summed E-state index contributed by atoms with van der Waals surface area (Å²) < 4.78 is 43.4. The first-order valence-corrected chi connectivity index (χ1v) is 8.78. The Bertz CT molecular complexity index is 647. The Morgan fingerprint density at radius 1 is 1.42 bits per heavy atom. The van der Waals surface area contributed by atoms with Crippen LogP contribution in [0.4, 0.5) is 23.8 Å². The highest BCUT2D eigenvalue weighted by Gasteiger charge is 2.32. The van der Waals surface area contributed by atoms with Gasteiger partial charge in [0.1, 0.15) is 11.4 Å². The number of rotatable bonds is 3. The molecule has 5 nitrogen and oxygen atoms in total. The van der Waals surface area contributed by atoms with E-state index >= 15 is 0 Å². The second-order valence-electron chi connectivity index (χ2n) is 7.36. The molecule has 1 aromatic rings. The number of nitrogens with zero attached hydrogens (tertiary/aromatic N) is 2. The minimum Gasteiger partial charge on any atom is -0.444 e. The first kappa shape index (κ1) is 20.6. The molecule has 26 heavy (non-hydrogen) atoms. The van der Waals surface area contributed by atoms with Gasteiger partial charge >= 0.3 is 12.3 Å². The number of alkyl carbamates (subject to hydrolysis) is 1. The van der Waals surface area contributed by atoms with Crippen LogP contribution in [0.5, 0.6) is 0 Å². The molecule has 1 amide bonds. The lowest BCUT2D eigenvalue weighted by molar-refractivity contribution is -0.137. The molecule has 0 aliphatic carbocycles. The lowest BCUT2D eigenvalue weighted by atomic mass is 9.98. The number of carbonyl (C=O) groups is 1. The van der Waals surface area contributed by atoms with Gasteiger partial charge in [0, 0.05) is 25.8 Å². The molecule has 1 aromatic heterocycles. The highest BCUT2D eigenvalue weighted by molar-refractivity contribution is 6.33. The van der Waals surface area contributed by atoms with Crippen LogP contribution in [0.15, 0.2) is 12.3 Å². The van der Waals surface area contributed by atoms with E-state index in [9.17, 15) is 18.0 Å². The SMILES string of the molecule is CC(C)(C)OC(=O)NC[C@H]1CCCN(c2ncc(C(F)(F)F)cc2Cl)C1. The number of alkyl halides is 3. The zero-order chi connectivity index (χ0) is 19.5. The van der Waals surface area contributed by atoms with Crippen molar-refractivity contribution in [1.82, 2.24) is 10.3 Å². The third-order valence-corrected chi connectivity index (χ3v) is 4.18. The van der Waals surface area contributed by atoms with Crippen LogP contribution in [0, 0.1) is 5.92 Å². The van der Waals surface area contributed by atoms with Gasteiger partial charge in [-0.2, -0.15) is 13.2 Å². The van der Waals surface area contributed by atoms with Crippen molar-refractivity contribution in [1.29, 1.82) is 0 Å². The Hall–Kier alpha value is -1.70. The van der Waals surface area contributed by atoms with Crippen LogP contribution in [-0.2, 0) is 10.9 Å². The Morgan fingerprint density at radius 3 is 2.69 bits per heavy atom. The van der Waals surface area contributed by atoms with E-state index in [4.69, 9.17) is 16.3 Å². The highest BCUT2D eigenvalue weighted by Crippen LogP contribution is 2.34. The standard InChI is InChI=1S/C17H23ClF3N3O2/c1-16(2,3)26-15(25)23-8-11-5-4-6-24(10-11)14-13(18)7-12(9-22-14)17(19,20)21/h7,9,11H,4-6,8,10H2,1-3H3,(H,23,25)/t11-/m1/s1. The molecule has 0 aromatic carbocycles. The van der Waals surface area contributed by atoms with Crippen molar-refractivity contribution >= 4 is 23.5 Å². The van der Waals surface area contributed by atoms with E-state index in [1.165, 1.54) is 0 Å². The molecule has 9 heteroatoms. The molecule has 0 radical (unpaired) electrons. The van der Waals surface area contributed by atoms with Gasteiger partial charge in [-0.1, -0.05) is 11.6 Å². The van der Waals surface area contributed by atoms with Crippen molar-refractivity contribution in [3.05, 3.63) is 22.8 Å². The predicted molar refractivity (Wildman–Crippen MR) is 93.4 cm³/mol. The summed E-state index contributed by atoms with van der Waals surface area (Å²) in [5.41, 5.74) is -1.44.